The lowest BCUT2D eigenvalue weighted by Crippen LogP contribution is -2.25. The van der Waals surface area contributed by atoms with Gasteiger partial charge in [0.25, 0.3) is 5.91 Å². The van der Waals surface area contributed by atoms with Crippen LogP contribution in [0.1, 0.15) is 41.6 Å². The number of rotatable bonds is 6. The highest BCUT2D eigenvalue weighted by atomic mass is 16.5. The second-order valence-electron chi connectivity index (χ2n) is 9.38. The minimum atomic E-state index is -0.0622. The number of aromatic nitrogens is 2. The molecule has 4 aromatic rings. The number of carbonyl (C=O) groups is 2. The molecule has 7 heteroatoms. The second kappa shape index (κ2) is 7.87. The molecule has 34 heavy (non-hydrogen) atoms. The number of ether oxygens (including phenoxy) is 1. The van der Waals surface area contributed by atoms with Gasteiger partial charge in [-0.1, -0.05) is 12.1 Å². The van der Waals surface area contributed by atoms with Gasteiger partial charge in [-0.3, -0.25) is 9.59 Å². The molecule has 0 saturated heterocycles. The van der Waals surface area contributed by atoms with E-state index in [2.05, 4.69) is 26.7 Å². The molecule has 0 aliphatic heterocycles. The largest absolute Gasteiger partial charge is 0.492 e. The van der Waals surface area contributed by atoms with Gasteiger partial charge in [0.1, 0.15) is 5.65 Å². The predicted octanol–water partition coefficient (Wildman–Crippen LogP) is 4.94. The lowest BCUT2D eigenvalue weighted by atomic mass is 9.96. The Morgan fingerprint density at radius 3 is 2.68 bits per heavy atom. The van der Waals surface area contributed by atoms with Crippen LogP contribution in [0.3, 0.4) is 0 Å². The first kappa shape index (κ1) is 20.7. The zero-order chi connectivity index (χ0) is 23.4. The number of carbonyl (C=O) groups excluding carboxylic acids is 2. The minimum absolute atomic E-state index is 0.00578. The zero-order valence-electron chi connectivity index (χ0n) is 19.2. The average Bonchev–Trinajstić information content (AvgIpc) is 3.76. The van der Waals surface area contributed by atoms with Crippen molar-refractivity contribution in [3.63, 3.8) is 0 Å². The molecule has 2 aromatic heterocycles. The Hall–Kier alpha value is -3.87. The number of nitrogens with one attached hydrogen (secondary N) is 3. The molecule has 2 aliphatic carbocycles. The van der Waals surface area contributed by atoms with E-state index in [0.717, 1.165) is 64.3 Å². The monoisotopic (exact) mass is 454 g/mol. The summed E-state index contributed by atoms with van der Waals surface area (Å²) in [5, 5.41) is 8.05. The van der Waals surface area contributed by atoms with Crippen molar-refractivity contribution in [2.45, 2.75) is 38.6 Å². The van der Waals surface area contributed by atoms with Crippen molar-refractivity contribution in [1.29, 1.82) is 0 Å². The Morgan fingerprint density at radius 2 is 1.94 bits per heavy atom. The molecule has 2 heterocycles. The maximum Gasteiger partial charge on any atom is 0.251 e. The Morgan fingerprint density at radius 1 is 1.12 bits per heavy atom. The van der Waals surface area contributed by atoms with Crippen LogP contribution in [0.25, 0.3) is 33.1 Å². The van der Waals surface area contributed by atoms with Crippen molar-refractivity contribution in [3.05, 3.63) is 53.7 Å². The molecule has 2 aromatic carbocycles. The fourth-order valence-corrected chi connectivity index (χ4v) is 4.48. The van der Waals surface area contributed by atoms with Gasteiger partial charge in [-0.05, 0) is 73.6 Å². The van der Waals surface area contributed by atoms with E-state index in [4.69, 9.17) is 4.74 Å². The van der Waals surface area contributed by atoms with E-state index in [0.29, 0.717) is 17.0 Å². The first-order valence-electron chi connectivity index (χ1n) is 11.7. The smallest absolute Gasteiger partial charge is 0.251 e. The molecular weight excluding hydrogens is 428 g/mol. The molecule has 0 spiro atoms. The summed E-state index contributed by atoms with van der Waals surface area (Å²) in [5.41, 5.74) is 5.58. The van der Waals surface area contributed by atoms with E-state index < -0.39 is 0 Å². The number of methoxy groups -OCH3 is 1. The molecule has 172 valence electrons. The summed E-state index contributed by atoms with van der Waals surface area (Å²) in [7, 11) is 1.61. The number of hydrogen-bond donors (Lipinski definition) is 3. The van der Waals surface area contributed by atoms with Gasteiger partial charge in [0.05, 0.1) is 18.3 Å². The number of hydrogen-bond acceptors (Lipinski definition) is 4. The predicted molar refractivity (Wildman–Crippen MR) is 132 cm³/mol. The molecule has 3 N–H and O–H groups in total. The fraction of sp³-hybridized carbons (Fsp3) is 0.296. The Balaban J connectivity index is 1.57. The molecule has 0 radical (unpaired) electrons. The van der Waals surface area contributed by atoms with Crippen LogP contribution in [0.2, 0.25) is 0 Å². The van der Waals surface area contributed by atoms with Crippen LogP contribution in [0.4, 0.5) is 5.69 Å². The van der Waals surface area contributed by atoms with Crippen molar-refractivity contribution in [2.24, 2.45) is 5.92 Å². The number of benzene rings is 2. The molecule has 0 atom stereocenters. The summed E-state index contributed by atoms with van der Waals surface area (Å²) in [6.07, 6.45) is 5.73. The van der Waals surface area contributed by atoms with Gasteiger partial charge < -0.3 is 20.4 Å². The van der Waals surface area contributed by atoms with Crippen LogP contribution >= 0.6 is 0 Å². The number of amides is 2. The molecule has 7 nitrogen and oxygen atoms in total. The second-order valence-corrected chi connectivity index (χ2v) is 9.38. The summed E-state index contributed by atoms with van der Waals surface area (Å²) in [6.45, 7) is 2.01. The third-order valence-corrected chi connectivity index (χ3v) is 6.58. The van der Waals surface area contributed by atoms with Crippen LogP contribution in [0.15, 0.2) is 42.6 Å². The molecule has 0 bridgehead atoms. The highest BCUT2D eigenvalue weighted by Crippen LogP contribution is 2.44. The zero-order valence-corrected chi connectivity index (χ0v) is 19.2. The number of pyridine rings is 1. The number of anilines is 1. The minimum Gasteiger partial charge on any atom is -0.492 e. The normalized spacial score (nSPS) is 15.5. The summed E-state index contributed by atoms with van der Waals surface area (Å²) in [4.78, 5) is 33.4. The highest BCUT2D eigenvalue weighted by molar-refractivity contribution is 6.18. The molecule has 0 unspecified atom stereocenters. The molecule has 2 amide bonds. The van der Waals surface area contributed by atoms with Gasteiger partial charge in [0.2, 0.25) is 5.91 Å². The van der Waals surface area contributed by atoms with Crippen LogP contribution < -0.4 is 15.4 Å². The van der Waals surface area contributed by atoms with Crippen molar-refractivity contribution in [3.8, 4) is 16.9 Å². The van der Waals surface area contributed by atoms with E-state index in [9.17, 15) is 9.59 Å². The maximum atomic E-state index is 12.7. The number of nitrogens with zero attached hydrogens (tertiary/aromatic N) is 1. The summed E-state index contributed by atoms with van der Waals surface area (Å²) >= 11 is 0. The number of aryl methyl sites for hydroxylation is 1. The lowest BCUT2D eigenvalue weighted by Gasteiger charge is -2.15. The van der Waals surface area contributed by atoms with Gasteiger partial charge >= 0.3 is 0 Å². The van der Waals surface area contributed by atoms with Crippen molar-refractivity contribution < 1.29 is 14.3 Å². The summed E-state index contributed by atoms with van der Waals surface area (Å²) in [6, 6.07) is 12.0. The molecule has 6 rings (SSSR count). The molecule has 2 aliphatic rings. The first-order chi connectivity index (χ1) is 16.5. The van der Waals surface area contributed by atoms with Crippen molar-refractivity contribution in [2.75, 3.05) is 12.4 Å². The van der Waals surface area contributed by atoms with Gasteiger partial charge in [-0.15, -0.1) is 0 Å². The lowest BCUT2D eigenvalue weighted by molar-refractivity contribution is -0.117. The van der Waals surface area contributed by atoms with Gasteiger partial charge in [-0.25, -0.2) is 4.98 Å². The van der Waals surface area contributed by atoms with Gasteiger partial charge in [0, 0.05) is 34.5 Å². The molecule has 2 fully saturated rings. The van der Waals surface area contributed by atoms with Gasteiger partial charge in [0.15, 0.2) is 5.75 Å². The fourth-order valence-electron chi connectivity index (χ4n) is 4.48. The van der Waals surface area contributed by atoms with E-state index in [1.54, 1.807) is 7.11 Å². The van der Waals surface area contributed by atoms with Crippen LogP contribution in [0.5, 0.6) is 5.75 Å². The maximum absolute atomic E-state index is 12.7. The van der Waals surface area contributed by atoms with E-state index in [1.807, 2.05) is 43.5 Å². The average molecular weight is 455 g/mol. The van der Waals surface area contributed by atoms with E-state index in [-0.39, 0.29) is 23.8 Å². The van der Waals surface area contributed by atoms with Crippen molar-refractivity contribution >= 4 is 39.4 Å². The highest BCUT2D eigenvalue weighted by Gasteiger charge is 2.31. The van der Waals surface area contributed by atoms with E-state index in [1.165, 1.54) is 0 Å². The third kappa shape index (κ3) is 3.67. The first-order valence-corrected chi connectivity index (χ1v) is 11.7. The van der Waals surface area contributed by atoms with E-state index >= 15 is 0 Å². The number of aromatic amines is 1. The standard InChI is InChI=1S/C27H26N4O3/c1-14-10-20-22-19(16-4-3-5-17(11-16)27(33)29-18-8-9-18)12-21(30-26(32)15-6-7-15)24(34-2)23(22)31-25(20)28-13-14/h3-5,10-13,15,18H,6-9H2,1-2H3,(H,28,31)(H,29,33)(H,30,32). The summed E-state index contributed by atoms with van der Waals surface area (Å²) < 4.78 is 5.79. The Labute approximate surface area is 196 Å². The third-order valence-electron chi connectivity index (χ3n) is 6.58. The Bertz CT molecular complexity index is 1460. The number of fused-ring (bicyclic) bond motifs is 3. The topological polar surface area (TPSA) is 96.1 Å². The quantitative estimate of drug-likeness (QED) is 0.384. The van der Waals surface area contributed by atoms with Crippen LogP contribution in [-0.4, -0.2) is 34.9 Å². The van der Waals surface area contributed by atoms with Crippen LogP contribution in [0, 0.1) is 12.8 Å². The molecule has 2 saturated carbocycles. The summed E-state index contributed by atoms with van der Waals surface area (Å²) in [5.74, 6) is 0.579. The van der Waals surface area contributed by atoms with Gasteiger partial charge in [-0.2, -0.15) is 0 Å². The Kier molecular flexibility index (Phi) is 4.79. The van der Waals surface area contributed by atoms with Crippen LogP contribution in [-0.2, 0) is 4.79 Å². The SMILES string of the molecule is COc1c(NC(=O)C2CC2)cc(-c2cccc(C(=O)NC3CC3)c2)c2c1[nH]c1ncc(C)cc12. The number of H-pyrrole nitrogens is 1. The van der Waals surface area contributed by atoms with Crippen molar-refractivity contribution in [1.82, 2.24) is 15.3 Å². The molecular formula is C27H26N4O3.